The van der Waals surface area contributed by atoms with Crippen molar-refractivity contribution in [2.24, 2.45) is 0 Å². The van der Waals surface area contributed by atoms with Crippen molar-refractivity contribution in [3.63, 3.8) is 0 Å². The van der Waals surface area contributed by atoms with Crippen LogP contribution in [0.4, 0.5) is 0 Å². The molecule has 0 saturated carbocycles. The summed E-state index contributed by atoms with van der Waals surface area (Å²) in [5, 5.41) is 8.86. The minimum Gasteiger partial charge on any atom is -0.491 e. The summed E-state index contributed by atoms with van der Waals surface area (Å²) in [6, 6.07) is 8.09. The van der Waals surface area contributed by atoms with Gasteiger partial charge in [-0.15, -0.1) is 0 Å². The lowest BCUT2D eigenvalue weighted by Crippen LogP contribution is -2.23. The molecule has 1 N–H and O–H groups in total. The fourth-order valence-electron chi connectivity index (χ4n) is 2.33. The van der Waals surface area contributed by atoms with Crippen LogP contribution in [0, 0.1) is 0 Å². The molecule has 1 aromatic carbocycles. The Bertz CT molecular complexity index is 440. The van der Waals surface area contributed by atoms with Crippen molar-refractivity contribution >= 4 is 5.97 Å². The average molecular weight is 278 g/mol. The first-order valence-corrected chi connectivity index (χ1v) is 7.21. The highest BCUT2D eigenvalue weighted by Crippen LogP contribution is 2.23. The van der Waals surface area contributed by atoms with Crippen molar-refractivity contribution in [3.8, 4) is 5.75 Å². The quantitative estimate of drug-likeness (QED) is 0.868. The van der Waals surface area contributed by atoms with Crippen molar-refractivity contribution < 1.29 is 19.4 Å². The number of aliphatic carboxylic acids is 1. The molecule has 1 aromatic rings. The second kappa shape index (κ2) is 6.75. The Morgan fingerprint density at radius 3 is 2.65 bits per heavy atom. The predicted molar refractivity (Wildman–Crippen MR) is 76.2 cm³/mol. The topological polar surface area (TPSA) is 55.8 Å². The lowest BCUT2D eigenvalue weighted by Gasteiger charge is -2.14. The third-order valence-corrected chi connectivity index (χ3v) is 3.88. The van der Waals surface area contributed by atoms with Crippen molar-refractivity contribution in [2.45, 2.75) is 51.2 Å². The van der Waals surface area contributed by atoms with Crippen LogP contribution in [0.2, 0.25) is 0 Å². The minimum absolute atomic E-state index is 0.120. The van der Waals surface area contributed by atoms with Crippen molar-refractivity contribution in [2.75, 3.05) is 6.61 Å². The molecule has 1 fully saturated rings. The van der Waals surface area contributed by atoms with E-state index in [-0.39, 0.29) is 6.10 Å². The van der Waals surface area contributed by atoms with Crippen LogP contribution in [0.5, 0.6) is 5.75 Å². The van der Waals surface area contributed by atoms with Crippen LogP contribution >= 0.6 is 0 Å². The average Bonchev–Trinajstić information content (AvgIpc) is 2.94. The molecular weight excluding hydrogens is 256 g/mol. The van der Waals surface area contributed by atoms with Crippen LogP contribution in [0.15, 0.2) is 24.3 Å². The van der Waals surface area contributed by atoms with E-state index >= 15 is 0 Å². The largest absolute Gasteiger partial charge is 0.491 e. The maximum atomic E-state index is 10.8. The number of benzene rings is 1. The molecule has 1 aliphatic rings. The molecule has 0 radical (unpaired) electrons. The van der Waals surface area contributed by atoms with Gasteiger partial charge >= 0.3 is 5.97 Å². The Balaban J connectivity index is 1.81. The summed E-state index contributed by atoms with van der Waals surface area (Å²) >= 11 is 0. The summed E-state index contributed by atoms with van der Waals surface area (Å²) in [5.41, 5.74) is 1.31. The monoisotopic (exact) mass is 278 g/mol. The molecule has 110 valence electrons. The third kappa shape index (κ3) is 3.73. The zero-order chi connectivity index (χ0) is 14.5. The van der Waals surface area contributed by atoms with Gasteiger partial charge in [0.25, 0.3) is 0 Å². The second-order valence-electron chi connectivity index (χ2n) is 5.35. The van der Waals surface area contributed by atoms with E-state index in [0.29, 0.717) is 18.9 Å². The molecule has 0 spiro atoms. The van der Waals surface area contributed by atoms with E-state index in [1.54, 1.807) is 0 Å². The summed E-state index contributed by atoms with van der Waals surface area (Å²) in [6.07, 6.45) is 1.63. The summed E-state index contributed by atoms with van der Waals surface area (Å²) in [6.45, 7) is 4.78. The standard InChI is InChI=1S/C16H22O4/c1-3-11(2)12-4-6-13(7-5-12)19-10-14-8-9-15(20-14)16(17)18/h4-7,11,14-15H,3,8-10H2,1-2H3,(H,17,18). The minimum atomic E-state index is -0.884. The van der Waals surface area contributed by atoms with Gasteiger partial charge in [-0.25, -0.2) is 4.79 Å². The second-order valence-corrected chi connectivity index (χ2v) is 5.35. The molecule has 20 heavy (non-hydrogen) atoms. The molecule has 1 heterocycles. The van der Waals surface area contributed by atoms with Crippen LogP contribution in [-0.2, 0) is 9.53 Å². The summed E-state index contributed by atoms with van der Waals surface area (Å²) in [7, 11) is 0. The molecule has 0 aromatic heterocycles. The molecule has 1 saturated heterocycles. The van der Waals surface area contributed by atoms with Crippen molar-refractivity contribution in [3.05, 3.63) is 29.8 Å². The zero-order valence-corrected chi connectivity index (χ0v) is 12.0. The lowest BCUT2D eigenvalue weighted by atomic mass is 9.99. The van der Waals surface area contributed by atoms with Crippen LogP contribution in [0.3, 0.4) is 0 Å². The summed E-state index contributed by atoms with van der Waals surface area (Å²) < 4.78 is 11.1. The Labute approximate surface area is 119 Å². The Kier molecular flexibility index (Phi) is 5.01. The number of hydrogen-bond donors (Lipinski definition) is 1. The van der Waals surface area contributed by atoms with E-state index in [2.05, 4.69) is 26.0 Å². The molecule has 4 nitrogen and oxygen atoms in total. The summed E-state index contributed by atoms with van der Waals surface area (Å²) in [5.74, 6) is 0.475. The van der Waals surface area contributed by atoms with Crippen molar-refractivity contribution in [1.29, 1.82) is 0 Å². The van der Waals surface area contributed by atoms with Crippen LogP contribution in [-0.4, -0.2) is 29.9 Å². The van der Waals surface area contributed by atoms with Gasteiger partial charge in [0.2, 0.25) is 0 Å². The predicted octanol–water partition coefficient (Wildman–Crippen LogP) is 3.21. The molecule has 2 rings (SSSR count). The molecule has 0 amide bonds. The number of ether oxygens (including phenoxy) is 2. The number of rotatable bonds is 6. The van der Waals surface area contributed by atoms with Crippen LogP contribution in [0.25, 0.3) is 0 Å². The molecule has 0 bridgehead atoms. The highest BCUT2D eigenvalue weighted by molar-refractivity contribution is 5.72. The molecule has 0 aliphatic carbocycles. The van der Waals surface area contributed by atoms with Gasteiger partial charge in [-0.2, -0.15) is 0 Å². The van der Waals surface area contributed by atoms with Gasteiger partial charge in [0.05, 0.1) is 6.10 Å². The number of hydrogen-bond acceptors (Lipinski definition) is 3. The van der Waals surface area contributed by atoms with Gasteiger partial charge in [0.15, 0.2) is 6.10 Å². The first-order chi connectivity index (χ1) is 9.60. The van der Waals surface area contributed by atoms with Gasteiger partial charge in [-0.05, 0) is 42.9 Å². The maximum absolute atomic E-state index is 10.8. The lowest BCUT2D eigenvalue weighted by molar-refractivity contribution is -0.149. The van der Waals surface area contributed by atoms with Gasteiger partial charge in [0.1, 0.15) is 12.4 Å². The normalized spacial score (nSPS) is 23.5. The van der Waals surface area contributed by atoms with Gasteiger partial charge in [0, 0.05) is 0 Å². The van der Waals surface area contributed by atoms with E-state index in [1.165, 1.54) is 5.56 Å². The first kappa shape index (κ1) is 14.9. The van der Waals surface area contributed by atoms with E-state index in [9.17, 15) is 4.79 Å². The fourth-order valence-corrected chi connectivity index (χ4v) is 2.33. The molecule has 4 heteroatoms. The fraction of sp³-hybridized carbons (Fsp3) is 0.562. The number of carbonyl (C=O) groups is 1. The van der Waals surface area contributed by atoms with E-state index in [4.69, 9.17) is 14.6 Å². The maximum Gasteiger partial charge on any atom is 0.332 e. The SMILES string of the molecule is CCC(C)c1ccc(OCC2CCC(C(=O)O)O2)cc1. The highest BCUT2D eigenvalue weighted by Gasteiger charge is 2.30. The summed E-state index contributed by atoms with van der Waals surface area (Å²) in [4.78, 5) is 10.8. The highest BCUT2D eigenvalue weighted by atomic mass is 16.6. The van der Waals surface area contributed by atoms with Gasteiger partial charge < -0.3 is 14.6 Å². The molecular formula is C16H22O4. The van der Waals surface area contributed by atoms with Crippen LogP contribution in [0.1, 0.15) is 44.6 Å². The Morgan fingerprint density at radius 1 is 1.40 bits per heavy atom. The third-order valence-electron chi connectivity index (χ3n) is 3.88. The molecule has 3 atom stereocenters. The van der Waals surface area contributed by atoms with Crippen LogP contribution < -0.4 is 4.74 Å². The number of carboxylic acids is 1. The Morgan fingerprint density at radius 2 is 2.10 bits per heavy atom. The van der Waals surface area contributed by atoms with Crippen molar-refractivity contribution in [1.82, 2.24) is 0 Å². The van der Waals surface area contributed by atoms with E-state index < -0.39 is 12.1 Å². The van der Waals surface area contributed by atoms with Gasteiger partial charge in [-0.3, -0.25) is 0 Å². The zero-order valence-electron chi connectivity index (χ0n) is 12.0. The Hall–Kier alpha value is -1.55. The molecule has 1 aliphatic heterocycles. The molecule has 3 unspecified atom stereocenters. The van der Waals surface area contributed by atoms with E-state index in [1.807, 2.05) is 12.1 Å². The first-order valence-electron chi connectivity index (χ1n) is 7.21. The number of carboxylic acid groups (broad SMARTS) is 1. The van der Waals surface area contributed by atoms with Gasteiger partial charge in [-0.1, -0.05) is 26.0 Å². The smallest absolute Gasteiger partial charge is 0.332 e. The van der Waals surface area contributed by atoms with E-state index in [0.717, 1.165) is 18.6 Å².